The molecule has 0 spiro atoms. The molecule has 1 amide bonds. The van der Waals surface area contributed by atoms with Crippen LogP contribution in [0.2, 0.25) is 0 Å². The van der Waals surface area contributed by atoms with Crippen molar-refractivity contribution >= 4 is 11.9 Å². The van der Waals surface area contributed by atoms with Crippen LogP contribution in [-0.4, -0.2) is 47.4 Å². The highest BCUT2D eigenvalue weighted by Gasteiger charge is 2.20. The lowest BCUT2D eigenvalue weighted by Crippen LogP contribution is -2.45. The van der Waals surface area contributed by atoms with Gasteiger partial charge in [0.05, 0.1) is 25.4 Å². The van der Waals surface area contributed by atoms with Gasteiger partial charge in [0.2, 0.25) is 5.91 Å². The summed E-state index contributed by atoms with van der Waals surface area (Å²) < 4.78 is 5.48. The van der Waals surface area contributed by atoms with Crippen molar-refractivity contribution in [3.63, 3.8) is 0 Å². The molecular weight excluding hydrogens is 827 g/mol. The van der Waals surface area contributed by atoms with Crippen LogP contribution in [0.15, 0.2) is 24.3 Å². The fraction of sp³-hybridized carbons (Fsp3) is 0.902. The molecule has 0 rings (SSSR count). The maximum absolute atomic E-state index is 12.5. The third-order valence-electron chi connectivity index (χ3n) is 14.0. The van der Waals surface area contributed by atoms with Crippen molar-refractivity contribution in [1.82, 2.24) is 5.32 Å². The van der Waals surface area contributed by atoms with Crippen LogP contribution in [0.1, 0.15) is 328 Å². The molecule has 396 valence electrons. The number of carbonyl (C=O) groups is 2. The molecule has 3 N–H and O–H groups in total. The Kier molecular flexibility index (Phi) is 55.5. The van der Waals surface area contributed by atoms with Crippen LogP contribution in [-0.2, 0) is 14.3 Å². The van der Waals surface area contributed by atoms with E-state index in [1.54, 1.807) is 0 Å². The molecule has 0 bridgehead atoms. The average molecular weight is 945 g/mol. The van der Waals surface area contributed by atoms with E-state index in [4.69, 9.17) is 4.74 Å². The number of nitrogens with one attached hydrogen (secondary N) is 1. The Morgan fingerprint density at radius 3 is 1.16 bits per heavy atom. The number of aliphatic hydroxyl groups is 2. The molecule has 67 heavy (non-hydrogen) atoms. The summed E-state index contributed by atoms with van der Waals surface area (Å²) in [5.74, 6) is -0.124. The number of hydrogen-bond acceptors (Lipinski definition) is 5. The molecule has 2 atom stereocenters. The Labute approximate surface area is 418 Å². The molecule has 0 aliphatic rings. The molecular formula is C61H117NO5. The van der Waals surface area contributed by atoms with E-state index in [9.17, 15) is 19.8 Å². The molecule has 0 aromatic heterocycles. The highest BCUT2D eigenvalue weighted by atomic mass is 16.5. The number of rotatable bonds is 56. The molecule has 6 nitrogen and oxygen atoms in total. The lowest BCUT2D eigenvalue weighted by atomic mass is 10.0. The van der Waals surface area contributed by atoms with Crippen molar-refractivity contribution in [2.75, 3.05) is 13.2 Å². The molecule has 0 radical (unpaired) electrons. The van der Waals surface area contributed by atoms with Crippen molar-refractivity contribution < 1.29 is 24.5 Å². The van der Waals surface area contributed by atoms with Gasteiger partial charge in [-0.1, -0.05) is 295 Å². The summed E-state index contributed by atoms with van der Waals surface area (Å²) in [4.78, 5) is 24.5. The van der Waals surface area contributed by atoms with Crippen LogP contribution in [0.5, 0.6) is 0 Å². The number of hydrogen-bond donors (Lipinski definition) is 3. The summed E-state index contributed by atoms with van der Waals surface area (Å²) in [5, 5.41) is 23.2. The molecule has 0 aliphatic carbocycles. The van der Waals surface area contributed by atoms with Gasteiger partial charge in [0.15, 0.2) is 0 Å². The van der Waals surface area contributed by atoms with Gasteiger partial charge in [-0.25, -0.2) is 0 Å². The average Bonchev–Trinajstić information content (AvgIpc) is 3.33. The van der Waals surface area contributed by atoms with E-state index in [1.807, 2.05) is 6.08 Å². The number of esters is 1. The Morgan fingerprint density at radius 2 is 0.761 bits per heavy atom. The highest BCUT2D eigenvalue weighted by molar-refractivity contribution is 5.76. The summed E-state index contributed by atoms with van der Waals surface area (Å²) in [7, 11) is 0. The first-order valence-electron chi connectivity index (χ1n) is 30.1. The molecule has 6 heteroatoms. The lowest BCUT2D eigenvalue weighted by Gasteiger charge is -2.22. The minimum absolute atomic E-state index is 0.0116. The number of ether oxygens (including phenoxy) is 1. The second kappa shape index (κ2) is 56.9. The first kappa shape index (κ1) is 65.3. The van der Waals surface area contributed by atoms with E-state index in [0.717, 1.165) is 51.4 Å². The highest BCUT2D eigenvalue weighted by Crippen LogP contribution is 2.18. The van der Waals surface area contributed by atoms with Crippen LogP contribution in [0.3, 0.4) is 0 Å². The Bertz CT molecular complexity index is 1040. The predicted octanol–water partition coefficient (Wildman–Crippen LogP) is 18.6. The van der Waals surface area contributed by atoms with E-state index < -0.39 is 12.1 Å². The predicted molar refractivity (Wildman–Crippen MR) is 292 cm³/mol. The first-order valence-corrected chi connectivity index (χ1v) is 30.1. The third-order valence-corrected chi connectivity index (χ3v) is 14.0. The van der Waals surface area contributed by atoms with Crippen molar-refractivity contribution in [2.45, 2.75) is 341 Å². The van der Waals surface area contributed by atoms with Gasteiger partial charge in [0.25, 0.3) is 0 Å². The summed E-state index contributed by atoms with van der Waals surface area (Å²) in [6.45, 7) is 4.92. The van der Waals surface area contributed by atoms with Crippen molar-refractivity contribution in [3.05, 3.63) is 24.3 Å². The molecule has 0 saturated carbocycles. The van der Waals surface area contributed by atoms with Gasteiger partial charge in [0, 0.05) is 12.8 Å². The maximum Gasteiger partial charge on any atom is 0.305 e. The van der Waals surface area contributed by atoms with Gasteiger partial charge in [-0.2, -0.15) is 0 Å². The summed E-state index contributed by atoms with van der Waals surface area (Å²) in [5.41, 5.74) is 0. The van der Waals surface area contributed by atoms with Crippen LogP contribution < -0.4 is 5.32 Å². The van der Waals surface area contributed by atoms with Gasteiger partial charge in [0.1, 0.15) is 0 Å². The van der Waals surface area contributed by atoms with Crippen LogP contribution >= 0.6 is 0 Å². The van der Waals surface area contributed by atoms with E-state index in [2.05, 4.69) is 37.4 Å². The van der Waals surface area contributed by atoms with Crippen molar-refractivity contribution in [2.24, 2.45) is 0 Å². The number of allylic oxidation sites excluding steroid dienone is 4. The zero-order valence-electron chi connectivity index (χ0n) is 45.1. The zero-order valence-corrected chi connectivity index (χ0v) is 45.1. The Morgan fingerprint density at radius 1 is 0.418 bits per heavy atom. The summed E-state index contributed by atoms with van der Waals surface area (Å²) in [6.07, 6.45) is 69.0. The van der Waals surface area contributed by atoms with Gasteiger partial charge in [-0.05, 0) is 44.9 Å². The van der Waals surface area contributed by atoms with Crippen molar-refractivity contribution in [1.29, 1.82) is 0 Å². The third kappa shape index (κ3) is 53.5. The molecule has 2 unspecified atom stereocenters. The van der Waals surface area contributed by atoms with Gasteiger partial charge in [-0.3, -0.25) is 9.59 Å². The van der Waals surface area contributed by atoms with Gasteiger partial charge < -0.3 is 20.3 Å². The Balaban J connectivity index is 3.50. The standard InChI is InChI=1S/C61H117NO5/c1-3-5-7-9-11-13-15-17-19-21-23-25-27-31-35-39-43-47-51-55-61(66)67-56-52-48-44-40-36-32-28-30-34-38-42-46-50-54-60(65)62-58(57-63)59(64)53-49-45-41-37-33-29-26-24-22-20-18-16-14-12-10-8-6-4-2/h30,34,42,46,58-59,63-64H,3-29,31-33,35-41,43-45,47-57H2,1-2H3,(H,62,65)/b34-30-,46-42-. The van der Waals surface area contributed by atoms with E-state index in [-0.39, 0.29) is 18.5 Å². The lowest BCUT2D eigenvalue weighted by molar-refractivity contribution is -0.143. The first-order chi connectivity index (χ1) is 33.0. The molecule has 0 heterocycles. The number of unbranched alkanes of at least 4 members (excludes halogenated alkanes) is 41. The number of amides is 1. The summed E-state index contributed by atoms with van der Waals surface area (Å²) >= 11 is 0. The SMILES string of the molecule is CCCCCCCCCCCCCCCCCCCCCC(=O)OCCCCCCCC/C=C\C/C=C\CCC(=O)NC(CO)C(O)CCCCCCCCCCCCCCCCCCCC. The molecule has 0 aliphatic heterocycles. The van der Waals surface area contributed by atoms with Gasteiger partial charge in [-0.15, -0.1) is 0 Å². The van der Waals surface area contributed by atoms with Gasteiger partial charge >= 0.3 is 5.97 Å². The number of aliphatic hydroxyl groups excluding tert-OH is 2. The second-order valence-electron chi connectivity index (χ2n) is 20.7. The van der Waals surface area contributed by atoms with Crippen LogP contribution in [0.25, 0.3) is 0 Å². The molecule has 0 aromatic rings. The largest absolute Gasteiger partial charge is 0.466 e. The zero-order chi connectivity index (χ0) is 48.6. The monoisotopic (exact) mass is 944 g/mol. The summed E-state index contributed by atoms with van der Waals surface area (Å²) in [6, 6.07) is -0.585. The van der Waals surface area contributed by atoms with E-state index in [1.165, 1.54) is 238 Å². The minimum atomic E-state index is -0.699. The quantitative estimate of drug-likeness (QED) is 0.0321. The van der Waals surface area contributed by atoms with Crippen LogP contribution in [0, 0.1) is 0 Å². The van der Waals surface area contributed by atoms with E-state index >= 15 is 0 Å². The van der Waals surface area contributed by atoms with Crippen molar-refractivity contribution in [3.8, 4) is 0 Å². The molecule has 0 aromatic carbocycles. The molecule has 0 fully saturated rings. The maximum atomic E-state index is 12.5. The molecule has 0 saturated heterocycles. The van der Waals surface area contributed by atoms with Crippen LogP contribution in [0.4, 0.5) is 0 Å². The number of carbonyl (C=O) groups excluding carboxylic acids is 2. The van der Waals surface area contributed by atoms with E-state index in [0.29, 0.717) is 32.3 Å². The fourth-order valence-electron chi connectivity index (χ4n) is 9.40. The Hall–Kier alpha value is -1.66. The minimum Gasteiger partial charge on any atom is -0.466 e. The topological polar surface area (TPSA) is 95.9 Å². The normalized spacial score (nSPS) is 12.7. The smallest absolute Gasteiger partial charge is 0.305 e. The fourth-order valence-corrected chi connectivity index (χ4v) is 9.40. The second-order valence-corrected chi connectivity index (χ2v) is 20.7.